The van der Waals surface area contributed by atoms with Crippen molar-refractivity contribution in [3.05, 3.63) is 87.4 Å². The van der Waals surface area contributed by atoms with Crippen molar-refractivity contribution < 1.29 is 33.6 Å². The topological polar surface area (TPSA) is 94.5 Å². The van der Waals surface area contributed by atoms with Gasteiger partial charge in [-0.25, -0.2) is 0 Å². The van der Waals surface area contributed by atoms with Crippen molar-refractivity contribution in [3.63, 3.8) is 0 Å². The summed E-state index contributed by atoms with van der Waals surface area (Å²) in [7, 11) is 6.16. The van der Waals surface area contributed by atoms with Crippen LogP contribution in [-0.4, -0.2) is 56.7 Å². The first-order chi connectivity index (χ1) is 18.3. The van der Waals surface area contributed by atoms with Crippen LogP contribution in [0.4, 0.5) is 0 Å². The van der Waals surface area contributed by atoms with E-state index in [9.17, 15) is 14.7 Å². The number of carbonyl (C=O) groups is 2. The van der Waals surface area contributed by atoms with E-state index in [0.717, 1.165) is 10.0 Å². The molecule has 3 aromatic carbocycles. The van der Waals surface area contributed by atoms with Crippen LogP contribution in [0.5, 0.6) is 23.0 Å². The van der Waals surface area contributed by atoms with Gasteiger partial charge in [-0.3, -0.25) is 9.59 Å². The summed E-state index contributed by atoms with van der Waals surface area (Å²) in [5.41, 5.74) is 1.85. The first kappa shape index (κ1) is 27.1. The first-order valence-corrected chi connectivity index (χ1v) is 12.6. The maximum atomic E-state index is 13.4. The highest BCUT2D eigenvalue weighted by atomic mass is 79.9. The molecule has 0 aliphatic carbocycles. The van der Waals surface area contributed by atoms with Crippen molar-refractivity contribution in [3.8, 4) is 23.0 Å². The highest BCUT2D eigenvalue weighted by Gasteiger charge is 2.47. The van der Waals surface area contributed by atoms with Crippen molar-refractivity contribution in [2.45, 2.75) is 12.5 Å². The lowest BCUT2D eigenvalue weighted by atomic mass is 9.94. The molecule has 1 unspecified atom stereocenters. The van der Waals surface area contributed by atoms with Gasteiger partial charge < -0.3 is 29.0 Å². The number of methoxy groups -OCH3 is 4. The van der Waals surface area contributed by atoms with Crippen LogP contribution in [0.2, 0.25) is 0 Å². The van der Waals surface area contributed by atoms with E-state index in [-0.39, 0.29) is 17.9 Å². The molecule has 1 heterocycles. The minimum absolute atomic E-state index is 0.00639. The van der Waals surface area contributed by atoms with Gasteiger partial charge in [0, 0.05) is 28.2 Å². The standard InChI is InChI=1S/C29H28BrNO7/c1-35-20-10-11-21(23(16-20)37-3)26-25(27(32)18-6-8-19(30)9-7-18)28(33)29(34)31(26)14-13-17-5-12-22(36-2)24(15-17)38-4/h5-12,15-16,26,32H,13-14H2,1-4H3. The quantitative estimate of drug-likeness (QED) is 0.212. The Bertz CT molecular complexity index is 1380. The predicted molar refractivity (Wildman–Crippen MR) is 146 cm³/mol. The average molecular weight is 582 g/mol. The van der Waals surface area contributed by atoms with E-state index < -0.39 is 17.7 Å². The molecular formula is C29H28BrNO7. The van der Waals surface area contributed by atoms with Crippen LogP contribution in [0.3, 0.4) is 0 Å². The van der Waals surface area contributed by atoms with E-state index in [2.05, 4.69) is 15.9 Å². The minimum atomic E-state index is -0.875. The van der Waals surface area contributed by atoms with Crippen LogP contribution in [-0.2, 0) is 16.0 Å². The van der Waals surface area contributed by atoms with E-state index in [1.165, 1.54) is 19.1 Å². The number of nitrogens with zero attached hydrogens (tertiary/aromatic N) is 1. The maximum absolute atomic E-state index is 13.4. The van der Waals surface area contributed by atoms with Crippen LogP contribution < -0.4 is 18.9 Å². The smallest absolute Gasteiger partial charge is 0.295 e. The van der Waals surface area contributed by atoms with Crippen molar-refractivity contribution >= 4 is 33.4 Å². The molecule has 3 aromatic rings. The number of hydrogen-bond donors (Lipinski definition) is 1. The van der Waals surface area contributed by atoms with E-state index in [1.54, 1.807) is 62.8 Å². The summed E-state index contributed by atoms with van der Waals surface area (Å²) in [4.78, 5) is 28.2. The van der Waals surface area contributed by atoms with Gasteiger partial charge in [-0.05, 0) is 48.4 Å². The van der Waals surface area contributed by atoms with Gasteiger partial charge in [-0.15, -0.1) is 0 Å². The highest BCUT2D eigenvalue weighted by molar-refractivity contribution is 9.10. The van der Waals surface area contributed by atoms with Crippen LogP contribution in [0, 0.1) is 0 Å². The van der Waals surface area contributed by atoms with Crippen LogP contribution in [0.25, 0.3) is 5.76 Å². The average Bonchev–Trinajstić information content (AvgIpc) is 3.20. The summed E-state index contributed by atoms with van der Waals surface area (Å²) in [5, 5.41) is 11.3. The summed E-state index contributed by atoms with van der Waals surface area (Å²) in [6, 6.07) is 16.7. The molecule has 1 N–H and O–H groups in total. The lowest BCUT2D eigenvalue weighted by Crippen LogP contribution is -2.32. The number of ether oxygens (including phenoxy) is 4. The van der Waals surface area contributed by atoms with Gasteiger partial charge in [0.25, 0.3) is 11.7 Å². The number of rotatable bonds is 9. The molecule has 1 atom stereocenters. The Labute approximate surface area is 229 Å². The molecule has 0 aromatic heterocycles. The number of halogens is 1. The molecule has 1 aliphatic rings. The molecule has 0 radical (unpaired) electrons. The third-order valence-electron chi connectivity index (χ3n) is 6.48. The maximum Gasteiger partial charge on any atom is 0.295 e. The zero-order valence-electron chi connectivity index (χ0n) is 21.5. The third kappa shape index (κ3) is 5.19. The summed E-state index contributed by atoms with van der Waals surface area (Å²) >= 11 is 3.38. The second-order valence-corrected chi connectivity index (χ2v) is 9.46. The first-order valence-electron chi connectivity index (χ1n) is 11.8. The largest absolute Gasteiger partial charge is 0.507 e. The third-order valence-corrected chi connectivity index (χ3v) is 7.01. The second kappa shape index (κ2) is 11.6. The zero-order chi connectivity index (χ0) is 27.4. The molecule has 38 heavy (non-hydrogen) atoms. The molecule has 0 saturated carbocycles. The summed E-state index contributed by atoms with van der Waals surface area (Å²) < 4.78 is 22.5. The van der Waals surface area contributed by atoms with Gasteiger partial charge in [0.05, 0.1) is 40.1 Å². The lowest BCUT2D eigenvalue weighted by molar-refractivity contribution is -0.139. The van der Waals surface area contributed by atoms with Gasteiger partial charge in [-0.2, -0.15) is 0 Å². The van der Waals surface area contributed by atoms with E-state index in [1.807, 2.05) is 12.1 Å². The minimum Gasteiger partial charge on any atom is -0.507 e. The monoisotopic (exact) mass is 581 g/mol. The van der Waals surface area contributed by atoms with E-state index in [4.69, 9.17) is 18.9 Å². The van der Waals surface area contributed by atoms with Crippen LogP contribution in [0.15, 0.2) is 70.7 Å². The Kier molecular flexibility index (Phi) is 8.26. The Morgan fingerprint density at radius 2 is 1.53 bits per heavy atom. The zero-order valence-corrected chi connectivity index (χ0v) is 23.1. The molecule has 198 valence electrons. The summed E-state index contributed by atoms with van der Waals surface area (Å²) in [6.07, 6.45) is 0.431. The number of likely N-dealkylation sites (tertiary alicyclic amines) is 1. The molecule has 1 fully saturated rings. The van der Waals surface area contributed by atoms with Gasteiger partial charge in [0.15, 0.2) is 11.5 Å². The van der Waals surface area contributed by atoms with Gasteiger partial charge >= 0.3 is 0 Å². The predicted octanol–water partition coefficient (Wildman–Crippen LogP) is 5.15. The summed E-state index contributed by atoms with van der Waals surface area (Å²) in [6.45, 7) is 0.205. The molecule has 0 bridgehead atoms. The fourth-order valence-electron chi connectivity index (χ4n) is 4.53. The lowest BCUT2D eigenvalue weighted by Gasteiger charge is -2.27. The number of Topliss-reactive ketones (excluding diaryl/α,β-unsaturated/α-hetero) is 1. The molecule has 0 spiro atoms. The van der Waals surface area contributed by atoms with E-state index in [0.29, 0.717) is 40.5 Å². The fraction of sp³-hybridized carbons (Fsp3) is 0.241. The number of amides is 1. The molecule has 1 amide bonds. The fourth-order valence-corrected chi connectivity index (χ4v) is 4.79. The second-order valence-electron chi connectivity index (χ2n) is 8.55. The number of benzene rings is 3. The molecule has 9 heteroatoms. The normalized spacial score (nSPS) is 16.4. The van der Waals surface area contributed by atoms with Crippen molar-refractivity contribution in [2.75, 3.05) is 35.0 Å². The number of hydrogen-bond acceptors (Lipinski definition) is 7. The van der Waals surface area contributed by atoms with Gasteiger partial charge in [0.1, 0.15) is 17.3 Å². The Morgan fingerprint density at radius 3 is 2.16 bits per heavy atom. The molecule has 8 nitrogen and oxygen atoms in total. The van der Waals surface area contributed by atoms with E-state index >= 15 is 0 Å². The number of ketones is 1. The van der Waals surface area contributed by atoms with Crippen molar-refractivity contribution in [2.24, 2.45) is 0 Å². The van der Waals surface area contributed by atoms with Crippen LogP contribution in [0.1, 0.15) is 22.7 Å². The van der Waals surface area contributed by atoms with Crippen molar-refractivity contribution in [1.82, 2.24) is 4.90 Å². The number of carbonyl (C=O) groups excluding carboxylic acids is 2. The highest BCUT2D eigenvalue weighted by Crippen LogP contribution is 2.44. The molecule has 1 aliphatic heterocycles. The van der Waals surface area contributed by atoms with Crippen LogP contribution >= 0.6 is 15.9 Å². The Balaban J connectivity index is 1.80. The van der Waals surface area contributed by atoms with Gasteiger partial charge in [-0.1, -0.05) is 34.1 Å². The van der Waals surface area contributed by atoms with Gasteiger partial charge in [0.2, 0.25) is 0 Å². The molecular weight excluding hydrogens is 554 g/mol. The molecule has 4 rings (SSSR count). The Morgan fingerprint density at radius 1 is 0.842 bits per heavy atom. The number of aliphatic hydroxyl groups excluding tert-OH is 1. The SMILES string of the molecule is COc1ccc(C2C(=C(O)c3ccc(Br)cc3)C(=O)C(=O)N2CCc2ccc(OC)c(OC)c2)c(OC)c1. The molecule has 1 saturated heterocycles. The number of aliphatic hydroxyl groups is 1. The Hall–Kier alpha value is -3.98. The van der Waals surface area contributed by atoms with Crippen molar-refractivity contribution in [1.29, 1.82) is 0 Å². The summed E-state index contributed by atoms with van der Waals surface area (Å²) in [5.74, 6) is 0.416.